The highest BCUT2D eigenvalue weighted by molar-refractivity contribution is 5.79. The van der Waals surface area contributed by atoms with Gasteiger partial charge in [0.2, 0.25) is 5.91 Å². The van der Waals surface area contributed by atoms with E-state index in [0.29, 0.717) is 16.5 Å². The van der Waals surface area contributed by atoms with E-state index in [2.05, 4.69) is 10.3 Å². The highest BCUT2D eigenvalue weighted by Gasteiger charge is 2.20. The molecule has 0 aliphatic heterocycles. The Labute approximate surface area is 166 Å². The maximum Gasteiger partial charge on any atom is 0.329 e. The zero-order valence-corrected chi connectivity index (χ0v) is 16.1. The van der Waals surface area contributed by atoms with Crippen LogP contribution in [0.25, 0.3) is 10.9 Å². The van der Waals surface area contributed by atoms with E-state index >= 15 is 0 Å². The first-order valence-corrected chi connectivity index (χ1v) is 9.03. The number of nitrogens with zero attached hydrogens (tertiary/aromatic N) is 1. The third-order valence-corrected chi connectivity index (χ3v) is 4.60. The summed E-state index contributed by atoms with van der Waals surface area (Å²) < 4.78 is 5.55. The molecule has 2 aromatic carbocycles. The number of aromatic amines is 1. The third-order valence-electron chi connectivity index (χ3n) is 4.60. The number of hydrogen-bond acceptors (Lipinski definition) is 5. The molecule has 1 heterocycles. The van der Waals surface area contributed by atoms with Crippen molar-refractivity contribution < 1.29 is 14.3 Å². The summed E-state index contributed by atoms with van der Waals surface area (Å²) in [7, 11) is 1.27. The second-order valence-corrected chi connectivity index (χ2v) is 6.68. The number of benzene rings is 2. The van der Waals surface area contributed by atoms with Crippen LogP contribution in [-0.4, -0.2) is 28.5 Å². The van der Waals surface area contributed by atoms with E-state index in [4.69, 9.17) is 4.74 Å². The van der Waals surface area contributed by atoms with Crippen LogP contribution in [0.5, 0.6) is 0 Å². The van der Waals surface area contributed by atoms with Crippen molar-refractivity contribution in [1.29, 1.82) is 0 Å². The van der Waals surface area contributed by atoms with Gasteiger partial charge in [-0.15, -0.1) is 0 Å². The van der Waals surface area contributed by atoms with E-state index in [-0.39, 0.29) is 6.42 Å². The van der Waals surface area contributed by atoms with E-state index in [9.17, 15) is 19.2 Å². The van der Waals surface area contributed by atoms with Gasteiger partial charge in [-0.1, -0.05) is 42.0 Å². The number of esters is 1. The van der Waals surface area contributed by atoms with Gasteiger partial charge in [0.05, 0.1) is 30.5 Å². The number of para-hydroxylation sites is 1. The lowest BCUT2D eigenvalue weighted by atomic mass is 10.0. The van der Waals surface area contributed by atoms with Gasteiger partial charge in [0.1, 0.15) is 6.54 Å². The highest BCUT2D eigenvalue weighted by atomic mass is 16.5. The van der Waals surface area contributed by atoms with Gasteiger partial charge in [-0.05, 0) is 24.6 Å². The molecule has 29 heavy (non-hydrogen) atoms. The summed E-state index contributed by atoms with van der Waals surface area (Å²) in [4.78, 5) is 51.8. The topological polar surface area (TPSA) is 110 Å². The predicted octanol–water partition coefficient (Wildman–Crippen LogP) is 1.42. The highest BCUT2D eigenvalue weighted by Crippen LogP contribution is 2.18. The molecule has 1 aromatic heterocycles. The lowest BCUT2D eigenvalue weighted by molar-refractivity contribution is -0.141. The van der Waals surface area contributed by atoms with Gasteiger partial charge in [-0.25, -0.2) is 4.79 Å². The van der Waals surface area contributed by atoms with Crippen LogP contribution < -0.4 is 16.6 Å². The monoisotopic (exact) mass is 395 g/mol. The summed E-state index contributed by atoms with van der Waals surface area (Å²) >= 11 is 0. The molecule has 0 bridgehead atoms. The Bertz CT molecular complexity index is 1160. The van der Waals surface area contributed by atoms with Crippen molar-refractivity contribution in [1.82, 2.24) is 14.9 Å². The van der Waals surface area contributed by atoms with Crippen molar-refractivity contribution in [2.24, 2.45) is 0 Å². The fourth-order valence-electron chi connectivity index (χ4n) is 3.03. The van der Waals surface area contributed by atoms with Gasteiger partial charge in [0, 0.05) is 0 Å². The lowest BCUT2D eigenvalue weighted by Gasteiger charge is -2.19. The molecule has 2 N–H and O–H groups in total. The molecule has 0 saturated carbocycles. The molecule has 0 aliphatic rings. The number of methoxy groups -OCH3 is 1. The summed E-state index contributed by atoms with van der Waals surface area (Å²) in [5, 5.41) is 3.03. The number of rotatable bonds is 6. The van der Waals surface area contributed by atoms with Crippen molar-refractivity contribution >= 4 is 22.8 Å². The van der Waals surface area contributed by atoms with Gasteiger partial charge in [-0.2, -0.15) is 0 Å². The second-order valence-electron chi connectivity index (χ2n) is 6.68. The standard InChI is InChI=1S/C21H21N3O5/c1-13-7-9-14(10-8-13)17(11-19(26)29-2)22-18(25)12-24-20(27)15-5-3-4-6-16(15)23-21(24)28/h3-10,17H,11-12H2,1-2H3,(H,22,25)(H,23,28). The second kappa shape index (κ2) is 8.55. The third kappa shape index (κ3) is 4.60. The SMILES string of the molecule is COC(=O)CC(NC(=O)Cn1c(=O)[nH]c2ccccc2c1=O)c1ccc(C)cc1. The molecule has 0 saturated heterocycles. The van der Waals surface area contributed by atoms with Crippen LogP contribution in [0.1, 0.15) is 23.6 Å². The first kappa shape index (κ1) is 20.1. The maximum atomic E-state index is 12.6. The maximum absolute atomic E-state index is 12.6. The average Bonchev–Trinajstić information content (AvgIpc) is 2.71. The van der Waals surface area contributed by atoms with Crippen LogP contribution in [0.2, 0.25) is 0 Å². The molecule has 8 heteroatoms. The van der Waals surface area contributed by atoms with E-state index in [1.165, 1.54) is 7.11 Å². The molecule has 3 rings (SSSR count). The van der Waals surface area contributed by atoms with Crippen LogP contribution in [-0.2, 0) is 20.9 Å². The van der Waals surface area contributed by atoms with Gasteiger partial charge >= 0.3 is 11.7 Å². The average molecular weight is 395 g/mol. The molecule has 0 spiro atoms. The van der Waals surface area contributed by atoms with Crippen molar-refractivity contribution in [3.63, 3.8) is 0 Å². The van der Waals surface area contributed by atoms with E-state index < -0.39 is 35.7 Å². The summed E-state index contributed by atoms with van der Waals surface area (Å²) in [5.74, 6) is -1.06. The van der Waals surface area contributed by atoms with Crippen LogP contribution in [0.4, 0.5) is 0 Å². The molecule has 150 valence electrons. The number of hydrogen-bond donors (Lipinski definition) is 2. The minimum Gasteiger partial charge on any atom is -0.469 e. The molecule has 0 fully saturated rings. The number of amides is 1. The smallest absolute Gasteiger partial charge is 0.329 e. The number of aromatic nitrogens is 2. The minimum atomic E-state index is -0.677. The van der Waals surface area contributed by atoms with Crippen LogP contribution in [0, 0.1) is 6.92 Å². The summed E-state index contributed by atoms with van der Waals surface area (Å²) in [5.41, 5.74) is 0.922. The van der Waals surface area contributed by atoms with Crippen LogP contribution >= 0.6 is 0 Å². The number of carbonyl (C=O) groups is 2. The Kier molecular flexibility index (Phi) is 5.92. The fourth-order valence-corrected chi connectivity index (χ4v) is 3.03. The Balaban J connectivity index is 1.86. The predicted molar refractivity (Wildman–Crippen MR) is 108 cm³/mol. The Morgan fingerprint density at radius 1 is 1.10 bits per heavy atom. The summed E-state index contributed by atoms with van der Waals surface area (Å²) in [6.07, 6.45) is -0.0751. The first-order valence-electron chi connectivity index (χ1n) is 9.03. The number of nitrogens with one attached hydrogen (secondary N) is 2. The molecule has 1 atom stereocenters. The summed E-state index contributed by atoms with van der Waals surface area (Å²) in [6, 6.07) is 13.3. The Hall–Kier alpha value is -3.68. The number of carbonyl (C=O) groups excluding carboxylic acids is 2. The van der Waals surface area contributed by atoms with Crippen molar-refractivity contribution in [3.05, 3.63) is 80.5 Å². The van der Waals surface area contributed by atoms with Crippen molar-refractivity contribution in [3.8, 4) is 0 Å². The summed E-state index contributed by atoms with van der Waals surface area (Å²) in [6.45, 7) is 1.46. The lowest BCUT2D eigenvalue weighted by Crippen LogP contribution is -2.41. The van der Waals surface area contributed by atoms with Gasteiger partial charge in [-0.3, -0.25) is 19.0 Å². The normalized spacial score (nSPS) is 11.8. The van der Waals surface area contributed by atoms with Crippen LogP contribution in [0.15, 0.2) is 58.1 Å². The molecule has 0 aliphatic carbocycles. The molecular weight excluding hydrogens is 374 g/mol. The molecule has 0 radical (unpaired) electrons. The first-order chi connectivity index (χ1) is 13.9. The number of fused-ring (bicyclic) bond motifs is 1. The molecule has 1 amide bonds. The Morgan fingerprint density at radius 2 is 1.79 bits per heavy atom. The van der Waals surface area contributed by atoms with Gasteiger partial charge < -0.3 is 15.0 Å². The largest absolute Gasteiger partial charge is 0.469 e. The van der Waals surface area contributed by atoms with Crippen molar-refractivity contribution in [2.75, 3.05) is 7.11 Å². The fraction of sp³-hybridized carbons (Fsp3) is 0.238. The van der Waals surface area contributed by atoms with E-state index in [1.54, 1.807) is 36.4 Å². The quantitative estimate of drug-likeness (QED) is 0.614. The van der Waals surface area contributed by atoms with E-state index in [0.717, 1.165) is 10.1 Å². The number of ether oxygens (including phenoxy) is 1. The minimum absolute atomic E-state index is 0.0751. The van der Waals surface area contributed by atoms with Crippen LogP contribution in [0.3, 0.4) is 0 Å². The molecule has 8 nitrogen and oxygen atoms in total. The molecular formula is C21H21N3O5. The van der Waals surface area contributed by atoms with Gasteiger partial charge in [0.15, 0.2) is 0 Å². The number of aryl methyl sites for hydroxylation is 1. The van der Waals surface area contributed by atoms with Gasteiger partial charge in [0.25, 0.3) is 5.56 Å². The van der Waals surface area contributed by atoms with E-state index in [1.807, 2.05) is 19.1 Å². The molecule has 3 aromatic rings. The zero-order chi connectivity index (χ0) is 21.0. The number of H-pyrrole nitrogens is 1. The Morgan fingerprint density at radius 3 is 2.48 bits per heavy atom. The van der Waals surface area contributed by atoms with Crippen molar-refractivity contribution in [2.45, 2.75) is 25.9 Å². The molecule has 1 unspecified atom stereocenters. The zero-order valence-electron chi connectivity index (χ0n) is 16.1.